The van der Waals surface area contributed by atoms with Crippen molar-refractivity contribution in [1.82, 2.24) is 19.3 Å². The van der Waals surface area contributed by atoms with E-state index in [4.69, 9.17) is 0 Å². The van der Waals surface area contributed by atoms with Crippen molar-refractivity contribution in [2.24, 2.45) is 0 Å². The van der Waals surface area contributed by atoms with Crippen LogP contribution < -0.4 is 4.72 Å². The molecule has 8 heteroatoms. The van der Waals surface area contributed by atoms with Gasteiger partial charge < -0.3 is 4.57 Å². The highest BCUT2D eigenvalue weighted by Gasteiger charge is 2.24. The van der Waals surface area contributed by atoms with E-state index in [0.29, 0.717) is 18.1 Å². The highest BCUT2D eigenvalue weighted by molar-refractivity contribution is 7.89. The standard InChI is InChI=1S/C20H22N4O3S/c1-13-7-8-14(2)17(10-13)12-24-18(20(25)23-28(4,26)27)15(3)22-19(24)16-6-5-9-21-11-16/h5-11H,12H2,1-4H3,(H,23,25). The van der Waals surface area contributed by atoms with Crippen molar-refractivity contribution in [1.29, 1.82) is 0 Å². The van der Waals surface area contributed by atoms with Gasteiger partial charge in [0.25, 0.3) is 5.91 Å². The van der Waals surface area contributed by atoms with Crippen LogP contribution >= 0.6 is 0 Å². The lowest BCUT2D eigenvalue weighted by Crippen LogP contribution is -2.31. The molecule has 0 aliphatic carbocycles. The normalized spacial score (nSPS) is 11.4. The van der Waals surface area contributed by atoms with Gasteiger partial charge in [0.2, 0.25) is 10.0 Å². The fourth-order valence-corrected chi connectivity index (χ4v) is 3.52. The number of nitrogens with zero attached hydrogens (tertiary/aromatic N) is 3. The molecule has 1 amide bonds. The number of amides is 1. The topological polar surface area (TPSA) is 93.9 Å². The highest BCUT2D eigenvalue weighted by atomic mass is 32.2. The Morgan fingerprint density at radius 3 is 2.57 bits per heavy atom. The van der Waals surface area contributed by atoms with E-state index in [1.165, 1.54) is 0 Å². The molecule has 0 atom stereocenters. The summed E-state index contributed by atoms with van der Waals surface area (Å²) in [6, 6.07) is 9.74. The van der Waals surface area contributed by atoms with Crippen LogP contribution in [0.25, 0.3) is 11.4 Å². The molecule has 1 N–H and O–H groups in total. The third-order valence-electron chi connectivity index (χ3n) is 4.39. The van der Waals surface area contributed by atoms with Crippen LogP contribution in [0.4, 0.5) is 0 Å². The summed E-state index contributed by atoms with van der Waals surface area (Å²) in [5.41, 5.74) is 4.60. The minimum Gasteiger partial charge on any atom is -0.315 e. The number of imidazole rings is 1. The van der Waals surface area contributed by atoms with Crippen molar-refractivity contribution in [3.05, 3.63) is 70.8 Å². The number of hydrogen-bond acceptors (Lipinski definition) is 5. The number of aryl methyl sites for hydroxylation is 3. The van der Waals surface area contributed by atoms with Gasteiger partial charge in [-0.05, 0) is 44.0 Å². The predicted octanol–water partition coefficient (Wildman–Crippen LogP) is 2.61. The summed E-state index contributed by atoms with van der Waals surface area (Å²) < 4.78 is 27.0. The Kier molecular flexibility index (Phi) is 5.33. The van der Waals surface area contributed by atoms with Crippen LogP contribution in [0.15, 0.2) is 42.7 Å². The molecule has 0 unspecified atom stereocenters. The van der Waals surface area contributed by atoms with E-state index in [9.17, 15) is 13.2 Å². The average Bonchev–Trinajstić information content (AvgIpc) is 2.93. The molecule has 0 spiro atoms. The van der Waals surface area contributed by atoms with Crippen molar-refractivity contribution in [2.45, 2.75) is 27.3 Å². The fourth-order valence-electron chi connectivity index (χ4n) is 3.09. The van der Waals surface area contributed by atoms with Crippen LogP contribution in [-0.4, -0.2) is 35.1 Å². The lowest BCUT2D eigenvalue weighted by atomic mass is 10.1. The number of sulfonamides is 1. The molecule has 1 aromatic carbocycles. The van der Waals surface area contributed by atoms with Crippen molar-refractivity contribution < 1.29 is 13.2 Å². The molecule has 0 aliphatic rings. The first-order chi connectivity index (χ1) is 13.2. The molecule has 0 saturated carbocycles. The smallest absolute Gasteiger partial charge is 0.283 e. The van der Waals surface area contributed by atoms with Crippen molar-refractivity contribution in [2.75, 3.05) is 6.26 Å². The van der Waals surface area contributed by atoms with Crippen LogP contribution in [0.2, 0.25) is 0 Å². The molecule has 146 valence electrons. The summed E-state index contributed by atoms with van der Waals surface area (Å²) in [6.45, 7) is 6.07. The molecule has 2 heterocycles. The molecule has 3 rings (SSSR count). The lowest BCUT2D eigenvalue weighted by Gasteiger charge is -2.14. The third-order valence-corrected chi connectivity index (χ3v) is 4.94. The number of carbonyl (C=O) groups excluding carboxylic acids is 1. The minimum absolute atomic E-state index is 0.213. The second-order valence-electron chi connectivity index (χ2n) is 6.83. The Morgan fingerprint density at radius 1 is 1.18 bits per heavy atom. The number of rotatable bonds is 5. The van der Waals surface area contributed by atoms with Crippen molar-refractivity contribution >= 4 is 15.9 Å². The monoisotopic (exact) mass is 398 g/mol. The quantitative estimate of drug-likeness (QED) is 0.713. The molecule has 0 bridgehead atoms. The van der Waals surface area contributed by atoms with E-state index in [1.54, 1.807) is 30.0 Å². The minimum atomic E-state index is -3.70. The molecule has 3 aromatic rings. The molecule has 2 aromatic heterocycles. The van der Waals surface area contributed by atoms with Gasteiger partial charge in [-0.3, -0.25) is 9.78 Å². The lowest BCUT2D eigenvalue weighted by molar-refractivity contribution is 0.0972. The van der Waals surface area contributed by atoms with Crippen LogP contribution in [0, 0.1) is 20.8 Å². The molecule has 0 radical (unpaired) electrons. The van der Waals surface area contributed by atoms with E-state index in [-0.39, 0.29) is 5.69 Å². The van der Waals surface area contributed by atoms with Gasteiger partial charge in [0, 0.05) is 18.0 Å². The van der Waals surface area contributed by atoms with Gasteiger partial charge in [-0.15, -0.1) is 0 Å². The molecule has 0 fully saturated rings. The highest BCUT2D eigenvalue weighted by Crippen LogP contribution is 2.24. The summed E-state index contributed by atoms with van der Waals surface area (Å²) in [5, 5.41) is 0. The second kappa shape index (κ2) is 7.55. The van der Waals surface area contributed by atoms with Gasteiger partial charge in [-0.25, -0.2) is 18.1 Å². The van der Waals surface area contributed by atoms with E-state index in [0.717, 1.165) is 28.5 Å². The summed E-state index contributed by atoms with van der Waals surface area (Å²) in [6.07, 6.45) is 4.28. The van der Waals surface area contributed by atoms with E-state index >= 15 is 0 Å². The first-order valence-corrected chi connectivity index (χ1v) is 10.6. The van der Waals surface area contributed by atoms with Gasteiger partial charge in [0.1, 0.15) is 11.5 Å². The average molecular weight is 398 g/mol. The summed E-state index contributed by atoms with van der Waals surface area (Å²) in [4.78, 5) is 21.4. The number of benzene rings is 1. The molecular weight excluding hydrogens is 376 g/mol. The van der Waals surface area contributed by atoms with Gasteiger partial charge in [0.05, 0.1) is 18.5 Å². The third kappa shape index (κ3) is 4.28. The van der Waals surface area contributed by atoms with Gasteiger partial charge in [-0.1, -0.05) is 23.8 Å². The second-order valence-corrected chi connectivity index (χ2v) is 8.58. The van der Waals surface area contributed by atoms with Gasteiger partial charge in [0.15, 0.2) is 0 Å². The fraction of sp³-hybridized carbons (Fsp3) is 0.250. The van der Waals surface area contributed by atoms with Crippen molar-refractivity contribution in [3.63, 3.8) is 0 Å². The van der Waals surface area contributed by atoms with E-state index < -0.39 is 15.9 Å². The molecule has 0 saturated heterocycles. The maximum absolute atomic E-state index is 12.7. The van der Waals surface area contributed by atoms with Crippen molar-refractivity contribution in [3.8, 4) is 11.4 Å². The summed E-state index contributed by atoms with van der Waals surface area (Å²) in [7, 11) is -3.70. The molecule has 7 nitrogen and oxygen atoms in total. The first kappa shape index (κ1) is 19.8. The Bertz CT molecular complexity index is 1140. The van der Waals surface area contributed by atoms with Crippen LogP contribution in [0.5, 0.6) is 0 Å². The number of hydrogen-bond donors (Lipinski definition) is 1. The van der Waals surface area contributed by atoms with Crippen LogP contribution in [0.1, 0.15) is 32.9 Å². The number of carbonyl (C=O) groups is 1. The SMILES string of the molecule is Cc1ccc(C)c(Cn2c(-c3cccnc3)nc(C)c2C(=O)NS(C)(=O)=O)c1. The van der Waals surface area contributed by atoms with E-state index in [1.807, 2.05) is 32.0 Å². The van der Waals surface area contributed by atoms with Gasteiger partial charge in [-0.2, -0.15) is 0 Å². The summed E-state index contributed by atoms with van der Waals surface area (Å²) >= 11 is 0. The Morgan fingerprint density at radius 2 is 1.93 bits per heavy atom. The van der Waals surface area contributed by atoms with E-state index in [2.05, 4.69) is 20.8 Å². The Hall–Kier alpha value is -3.00. The first-order valence-electron chi connectivity index (χ1n) is 8.71. The zero-order valence-electron chi connectivity index (χ0n) is 16.2. The Balaban J connectivity index is 2.18. The zero-order valence-corrected chi connectivity index (χ0v) is 17.0. The number of aromatic nitrogens is 3. The maximum Gasteiger partial charge on any atom is 0.283 e. The Labute approximate surface area is 164 Å². The van der Waals surface area contributed by atoms with Gasteiger partial charge >= 0.3 is 0 Å². The number of pyridine rings is 1. The maximum atomic E-state index is 12.7. The zero-order chi connectivity index (χ0) is 20.5. The number of nitrogens with one attached hydrogen (secondary N) is 1. The molecular formula is C20H22N4O3S. The molecule has 28 heavy (non-hydrogen) atoms. The largest absolute Gasteiger partial charge is 0.315 e. The summed E-state index contributed by atoms with van der Waals surface area (Å²) in [5.74, 6) is -0.141. The van der Waals surface area contributed by atoms with Crippen LogP contribution in [0.3, 0.4) is 0 Å². The molecule has 0 aliphatic heterocycles. The van der Waals surface area contributed by atoms with Crippen LogP contribution in [-0.2, 0) is 16.6 Å². The predicted molar refractivity (Wildman–Crippen MR) is 108 cm³/mol.